The molecule has 0 bridgehead atoms. The summed E-state index contributed by atoms with van der Waals surface area (Å²) in [5, 5.41) is 11.9. The van der Waals surface area contributed by atoms with Crippen LogP contribution in [-0.4, -0.2) is 151 Å². The van der Waals surface area contributed by atoms with Crippen LogP contribution >= 0.6 is 0 Å². The van der Waals surface area contributed by atoms with Crippen LogP contribution in [-0.2, 0) is 29.4 Å². The third kappa shape index (κ3) is 10.4. The molecule has 3 aromatic carbocycles. The molecular formula is C66H77FN12O8. The molecule has 6 fully saturated rings. The van der Waals surface area contributed by atoms with Gasteiger partial charge in [-0.25, -0.2) is 14.4 Å². The van der Waals surface area contributed by atoms with E-state index in [4.69, 9.17) is 9.97 Å². The molecule has 8 heterocycles. The van der Waals surface area contributed by atoms with Gasteiger partial charge in [0.2, 0.25) is 29.5 Å². The van der Waals surface area contributed by atoms with Gasteiger partial charge in [-0.3, -0.25) is 48.6 Å². The number of aromatic nitrogens is 3. The fourth-order valence-electron chi connectivity index (χ4n) is 15.2. The van der Waals surface area contributed by atoms with Crippen LogP contribution < -0.4 is 26.2 Å². The zero-order chi connectivity index (χ0) is 60.7. The molecular weight excluding hydrogens is 1110 g/mol. The maximum atomic E-state index is 16.0. The molecule has 13 rings (SSSR count). The summed E-state index contributed by atoms with van der Waals surface area (Å²) in [6, 6.07) is 15.2. The maximum Gasteiger partial charge on any atom is 0.264 e. The molecule has 0 radical (unpaired) electrons. The number of halogens is 1. The number of benzene rings is 3. The minimum atomic E-state index is -1.06. The molecule has 2 saturated carbocycles. The number of rotatable bonds is 13. The second-order valence-electron chi connectivity index (χ2n) is 26.2. The molecule has 8 aliphatic rings. The van der Waals surface area contributed by atoms with Crippen molar-refractivity contribution in [1.82, 2.24) is 44.8 Å². The lowest BCUT2D eigenvalue weighted by Gasteiger charge is -2.48. The molecule has 8 amide bonds. The monoisotopic (exact) mass is 1180 g/mol. The summed E-state index contributed by atoms with van der Waals surface area (Å²) in [5.41, 5.74) is 5.54. The van der Waals surface area contributed by atoms with E-state index in [1.165, 1.54) is 31.4 Å². The van der Waals surface area contributed by atoms with Crippen LogP contribution in [0.2, 0.25) is 0 Å². The minimum absolute atomic E-state index is 0.00219. The number of anilines is 4. The van der Waals surface area contributed by atoms with Gasteiger partial charge in [0, 0.05) is 91.2 Å². The van der Waals surface area contributed by atoms with Gasteiger partial charge in [0.05, 0.1) is 45.7 Å². The van der Waals surface area contributed by atoms with Crippen molar-refractivity contribution in [2.75, 3.05) is 54.8 Å². The van der Waals surface area contributed by atoms with Crippen LogP contribution in [0.1, 0.15) is 166 Å². The quantitative estimate of drug-likeness (QED) is 0.0817. The Hall–Kier alpha value is -8.07. The third-order valence-corrected chi connectivity index (χ3v) is 20.1. The number of piperidine rings is 3. The van der Waals surface area contributed by atoms with Crippen molar-refractivity contribution in [2.24, 2.45) is 11.8 Å². The molecule has 456 valence electrons. The number of likely N-dealkylation sites (tertiary alicyclic amines) is 3. The van der Waals surface area contributed by atoms with E-state index in [-0.39, 0.29) is 89.3 Å². The van der Waals surface area contributed by atoms with Crippen molar-refractivity contribution in [3.63, 3.8) is 0 Å². The van der Waals surface area contributed by atoms with Gasteiger partial charge in [-0.1, -0.05) is 24.6 Å². The van der Waals surface area contributed by atoms with Gasteiger partial charge in [0.25, 0.3) is 17.7 Å². The Balaban J connectivity index is 0.691. The van der Waals surface area contributed by atoms with Gasteiger partial charge in [0.15, 0.2) is 5.82 Å². The van der Waals surface area contributed by atoms with E-state index >= 15 is 9.18 Å². The standard InChI is InChI=1S/C66H77FN12O8/c1-36(2)69-59(81)46-32-51(48(67)28-38(46)5)72-58-57-52(68-35-77(57)37(3)4)33-50(71-58)40-14-17-47-54(29-40)78(44-30-43(31-44)74-23-7-6-8-24-74)65(87)66(47)21-26-75(27-22-66)62(84)41-20-25-76(34-41)61(83)39-12-15-42(16-13-39)70-49-11-9-10-45-56(49)64(86)79(63(45)85)53-18-19-55(80)73-60(53)82/h9-11,14,17,28-29,32-33,35-37,39,41-44,53,70H,6-8,12-13,15-16,18-27,30-31,34H2,1-5H3,(H,69,81)(H,71,72)(H,73,80,82)/t39-,41-,42-,43-,44+,53?/m1/s1. The Bertz CT molecular complexity index is 3660. The highest BCUT2D eigenvalue weighted by molar-refractivity contribution is 6.25. The number of hydrogen-bond acceptors (Lipinski definition) is 13. The minimum Gasteiger partial charge on any atom is -0.382 e. The first-order chi connectivity index (χ1) is 41.8. The van der Waals surface area contributed by atoms with Gasteiger partial charge in [-0.05, 0) is 172 Å². The van der Waals surface area contributed by atoms with E-state index in [1.54, 1.807) is 31.5 Å². The molecule has 5 aromatic rings. The molecule has 4 saturated heterocycles. The van der Waals surface area contributed by atoms with Crippen molar-refractivity contribution in [3.8, 4) is 11.3 Å². The van der Waals surface area contributed by atoms with E-state index < -0.39 is 40.9 Å². The Morgan fingerprint density at radius 1 is 0.759 bits per heavy atom. The summed E-state index contributed by atoms with van der Waals surface area (Å²) in [6.07, 6.45) is 11.3. The van der Waals surface area contributed by atoms with E-state index in [1.807, 2.05) is 54.2 Å². The van der Waals surface area contributed by atoms with Crippen molar-refractivity contribution < 1.29 is 42.7 Å². The predicted octanol–water partition coefficient (Wildman–Crippen LogP) is 8.15. The number of carbonyl (C=O) groups is 8. The lowest BCUT2D eigenvalue weighted by molar-refractivity contribution is -0.140. The second-order valence-corrected chi connectivity index (χ2v) is 26.2. The number of nitrogens with zero attached hydrogens (tertiary/aromatic N) is 8. The number of hydrogen-bond donors (Lipinski definition) is 4. The third-order valence-electron chi connectivity index (χ3n) is 20.1. The summed E-state index contributed by atoms with van der Waals surface area (Å²) in [6.45, 7) is 13.3. The molecule has 1 spiro atoms. The average Bonchev–Trinajstić information content (AvgIpc) is 1.58. The summed E-state index contributed by atoms with van der Waals surface area (Å²) in [4.78, 5) is 128. The van der Waals surface area contributed by atoms with Crippen molar-refractivity contribution in [1.29, 1.82) is 0 Å². The lowest BCUT2D eigenvalue weighted by atomic mass is 9.73. The van der Waals surface area contributed by atoms with E-state index in [0.717, 1.165) is 47.6 Å². The van der Waals surface area contributed by atoms with Crippen LogP contribution in [0.25, 0.3) is 22.3 Å². The van der Waals surface area contributed by atoms with E-state index in [2.05, 4.69) is 43.2 Å². The summed E-state index contributed by atoms with van der Waals surface area (Å²) < 4.78 is 18.0. The number of pyridine rings is 1. The first-order valence-corrected chi connectivity index (χ1v) is 31.5. The Labute approximate surface area is 505 Å². The molecule has 2 aliphatic carbocycles. The van der Waals surface area contributed by atoms with Crippen molar-refractivity contribution in [3.05, 3.63) is 94.6 Å². The summed E-state index contributed by atoms with van der Waals surface area (Å²) >= 11 is 0. The number of aryl methyl sites for hydroxylation is 1. The van der Waals surface area contributed by atoms with Crippen LogP contribution in [0.4, 0.5) is 27.3 Å². The number of imide groups is 2. The van der Waals surface area contributed by atoms with Crippen LogP contribution in [0.15, 0.2) is 60.9 Å². The fraction of sp³-hybridized carbons (Fsp3) is 0.515. The topological polar surface area (TPSA) is 232 Å². The molecule has 6 aliphatic heterocycles. The molecule has 1 unspecified atom stereocenters. The normalized spacial score (nSPS) is 24.7. The van der Waals surface area contributed by atoms with Gasteiger partial charge >= 0.3 is 0 Å². The SMILES string of the molecule is Cc1cc(F)c(Nc2nc(-c3ccc4c(c3)N([C@H]3C[C@@H](N5CCCCC5)C3)C(=O)C43CCN(C(=O)[C@@H]4CCN(C(=O)[C@H]5CC[C@H](Nc6cccc7c6C(=O)N(C6CCC(=O)NC6=O)C7=O)CC5)C4)CC3)cc3ncn(C(C)C)c23)cc1C(=O)NC(C)C. The van der Waals surface area contributed by atoms with Gasteiger partial charge in [-0.15, -0.1) is 0 Å². The smallest absolute Gasteiger partial charge is 0.264 e. The Morgan fingerprint density at radius 2 is 1.51 bits per heavy atom. The largest absolute Gasteiger partial charge is 0.382 e. The highest BCUT2D eigenvalue weighted by Gasteiger charge is 2.56. The Kier molecular flexibility index (Phi) is 15.3. The lowest BCUT2D eigenvalue weighted by Crippen LogP contribution is -2.58. The zero-order valence-electron chi connectivity index (χ0n) is 50.3. The zero-order valence-corrected chi connectivity index (χ0v) is 50.3. The molecule has 21 heteroatoms. The highest BCUT2D eigenvalue weighted by Crippen LogP contribution is 2.53. The molecule has 87 heavy (non-hydrogen) atoms. The summed E-state index contributed by atoms with van der Waals surface area (Å²) in [7, 11) is 0. The van der Waals surface area contributed by atoms with Crippen LogP contribution in [0.5, 0.6) is 0 Å². The van der Waals surface area contributed by atoms with E-state index in [9.17, 15) is 33.6 Å². The molecule has 2 atom stereocenters. The highest BCUT2D eigenvalue weighted by atomic mass is 19.1. The molecule has 2 aromatic heterocycles. The first kappa shape index (κ1) is 58.0. The number of carbonyl (C=O) groups excluding carboxylic acids is 8. The predicted molar refractivity (Wildman–Crippen MR) is 325 cm³/mol. The number of nitrogens with one attached hydrogen (secondary N) is 4. The summed E-state index contributed by atoms with van der Waals surface area (Å²) in [5.74, 6) is -3.12. The second kappa shape index (κ2) is 22.9. The molecule has 4 N–H and O–H groups in total. The van der Waals surface area contributed by atoms with Gasteiger partial charge < -0.3 is 40.1 Å². The van der Waals surface area contributed by atoms with Crippen LogP contribution in [0.3, 0.4) is 0 Å². The van der Waals surface area contributed by atoms with Gasteiger partial charge in [-0.2, -0.15) is 0 Å². The van der Waals surface area contributed by atoms with Gasteiger partial charge in [0.1, 0.15) is 17.4 Å². The number of imidazole rings is 1. The van der Waals surface area contributed by atoms with E-state index in [0.29, 0.717) is 117 Å². The number of amides is 8. The average molecular weight is 1190 g/mol. The Morgan fingerprint density at radius 3 is 2.23 bits per heavy atom. The first-order valence-electron chi connectivity index (χ1n) is 31.5. The maximum absolute atomic E-state index is 16.0. The fourth-order valence-corrected chi connectivity index (χ4v) is 15.2. The number of fused-ring (bicyclic) bond motifs is 4. The van der Waals surface area contributed by atoms with Crippen LogP contribution in [0, 0.1) is 24.6 Å². The van der Waals surface area contributed by atoms with Crippen molar-refractivity contribution in [2.45, 2.75) is 166 Å². The molecule has 20 nitrogen and oxygen atoms in total. The van der Waals surface area contributed by atoms with Crippen molar-refractivity contribution >= 4 is 81.2 Å².